The molecule has 1 aromatic carbocycles. The van der Waals surface area contributed by atoms with Gasteiger partial charge in [-0.15, -0.1) is 0 Å². The molecule has 2 atom stereocenters. The van der Waals surface area contributed by atoms with Gasteiger partial charge in [0.05, 0.1) is 12.3 Å². The van der Waals surface area contributed by atoms with Crippen LogP contribution in [0.25, 0.3) is 5.69 Å². The number of hydrogen-bond acceptors (Lipinski definition) is 9. The molecule has 15 heteroatoms. The molecule has 1 aromatic heterocycles. The van der Waals surface area contributed by atoms with Gasteiger partial charge in [-0.2, -0.15) is 5.10 Å². The Bertz CT molecular complexity index is 1470. The average Bonchev–Trinajstić information content (AvgIpc) is 3.79. The molecule has 2 aromatic rings. The molecule has 0 bridgehead atoms. The van der Waals surface area contributed by atoms with E-state index in [0.717, 1.165) is 38.5 Å². The summed E-state index contributed by atoms with van der Waals surface area (Å²) in [5, 5.41) is 10.3. The van der Waals surface area contributed by atoms with Gasteiger partial charge in [-0.05, 0) is 57.1 Å². The van der Waals surface area contributed by atoms with Gasteiger partial charge < -0.3 is 39.5 Å². The average molecular weight is 696 g/mol. The maximum absolute atomic E-state index is 13.6. The Kier molecular flexibility index (Phi) is 13.1. The normalized spacial score (nSPS) is 18.3. The fraction of sp³-hybridized carbons (Fsp3) is 0.600. The number of nitrogens with one attached hydrogen (secondary N) is 2. The molecular weight excluding hydrogens is 646 g/mol. The van der Waals surface area contributed by atoms with Crippen LogP contribution in [0.4, 0.5) is 4.79 Å². The standard InChI is InChI=1S/C35H49N7O8/c1-3-4-21-49-35(47)40-19-17-39(18-20-40)34(46)27(15-22-48-2)37-32(44)28-23-31(42(38-28)26-12-6-5-7-13-26)50-24-30(43)41-16-9-14-29(41)33(45)36-25-10-8-11-25/h5-7,12-13,23,25,27,29H,3-4,8-11,14-22,24H2,1-2H3,(H,36,45)(H,37,44). The highest BCUT2D eigenvalue weighted by atomic mass is 16.6. The van der Waals surface area contributed by atoms with Crippen molar-refractivity contribution in [3.63, 3.8) is 0 Å². The fourth-order valence-electron chi connectivity index (χ4n) is 6.19. The third kappa shape index (κ3) is 9.31. The first kappa shape index (κ1) is 36.6. The Morgan fingerprint density at radius 3 is 2.36 bits per heavy atom. The third-order valence-electron chi connectivity index (χ3n) is 9.37. The molecule has 2 saturated heterocycles. The molecule has 3 heterocycles. The fourth-order valence-corrected chi connectivity index (χ4v) is 6.19. The molecule has 0 radical (unpaired) electrons. The first-order chi connectivity index (χ1) is 24.3. The summed E-state index contributed by atoms with van der Waals surface area (Å²) in [6, 6.07) is 9.21. The Hall–Kier alpha value is -4.66. The van der Waals surface area contributed by atoms with Crippen LogP contribution in [-0.2, 0) is 23.9 Å². The number of nitrogens with zero attached hydrogens (tertiary/aromatic N) is 5. The van der Waals surface area contributed by atoms with E-state index in [1.165, 1.54) is 17.9 Å². The van der Waals surface area contributed by atoms with Crippen LogP contribution in [0.1, 0.15) is 68.8 Å². The van der Waals surface area contributed by atoms with Crippen LogP contribution < -0.4 is 15.4 Å². The number of benzene rings is 1. The maximum Gasteiger partial charge on any atom is 0.409 e. The molecular formula is C35H49N7O8. The molecule has 15 nitrogen and oxygen atoms in total. The Balaban J connectivity index is 1.24. The zero-order valence-corrected chi connectivity index (χ0v) is 29.0. The quantitative estimate of drug-likeness (QED) is 0.266. The Morgan fingerprint density at radius 2 is 1.68 bits per heavy atom. The minimum atomic E-state index is -0.906. The van der Waals surface area contributed by atoms with Gasteiger partial charge in [-0.3, -0.25) is 19.2 Å². The summed E-state index contributed by atoms with van der Waals surface area (Å²) >= 11 is 0. The largest absolute Gasteiger partial charge is 0.467 e. The van der Waals surface area contributed by atoms with Crippen molar-refractivity contribution in [3.05, 3.63) is 42.1 Å². The first-order valence-electron chi connectivity index (χ1n) is 17.7. The molecule has 2 aliphatic heterocycles. The number of rotatable bonds is 15. The second-order valence-corrected chi connectivity index (χ2v) is 12.9. The van der Waals surface area contributed by atoms with Gasteiger partial charge in [0.1, 0.15) is 12.1 Å². The number of ether oxygens (including phenoxy) is 3. The van der Waals surface area contributed by atoms with Crippen molar-refractivity contribution in [3.8, 4) is 11.6 Å². The van der Waals surface area contributed by atoms with Gasteiger partial charge in [0, 0.05) is 58.5 Å². The van der Waals surface area contributed by atoms with Crippen molar-refractivity contribution in [2.75, 3.05) is 59.7 Å². The molecule has 1 saturated carbocycles. The number of para-hydroxylation sites is 1. The van der Waals surface area contributed by atoms with Crippen molar-refractivity contribution in [1.29, 1.82) is 0 Å². The lowest BCUT2D eigenvalue weighted by Gasteiger charge is -2.36. The molecule has 5 rings (SSSR count). The zero-order valence-electron chi connectivity index (χ0n) is 29.0. The second-order valence-electron chi connectivity index (χ2n) is 12.9. The topological polar surface area (TPSA) is 165 Å². The van der Waals surface area contributed by atoms with E-state index in [1.54, 1.807) is 26.8 Å². The molecule has 0 spiro atoms. The summed E-state index contributed by atoms with van der Waals surface area (Å²) in [5.41, 5.74) is 0.594. The summed E-state index contributed by atoms with van der Waals surface area (Å²) < 4.78 is 17.9. The summed E-state index contributed by atoms with van der Waals surface area (Å²) in [5.74, 6) is -1.19. The second kappa shape index (κ2) is 17.8. The molecule has 3 fully saturated rings. The lowest BCUT2D eigenvalue weighted by atomic mass is 9.93. The summed E-state index contributed by atoms with van der Waals surface area (Å²) in [7, 11) is 1.52. The zero-order chi connectivity index (χ0) is 35.5. The highest BCUT2D eigenvalue weighted by Gasteiger charge is 2.36. The van der Waals surface area contributed by atoms with E-state index in [9.17, 15) is 24.0 Å². The molecule has 3 aliphatic rings. The number of aromatic nitrogens is 2. The van der Waals surface area contributed by atoms with Crippen LogP contribution in [-0.4, -0.2) is 132 Å². The van der Waals surface area contributed by atoms with E-state index in [0.29, 0.717) is 51.4 Å². The lowest BCUT2D eigenvalue weighted by molar-refractivity contribution is -0.140. The summed E-state index contributed by atoms with van der Waals surface area (Å²) in [4.78, 5) is 70.5. The van der Waals surface area contributed by atoms with Crippen molar-refractivity contribution < 1.29 is 38.2 Å². The molecule has 1 aliphatic carbocycles. The summed E-state index contributed by atoms with van der Waals surface area (Å²) in [6.45, 7) is 3.98. The molecule has 5 amide bonds. The van der Waals surface area contributed by atoms with Crippen LogP contribution in [0.3, 0.4) is 0 Å². The molecule has 50 heavy (non-hydrogen) atoms. The van der Waals surface area contributed by atoms with Crippen LogP contribution in [0, 0.1) is 0 Å². The van der Waals surface area contributed by atoms with E-state index < -0.39 is 24.1 Å². The Labute approximate surface area is 292 Å². The number of likely N-dealkylation sites (tertiary alicyclic amines) is 1. The number of carbonyl (C=O) groups excluding carboxylic acids is 5. The van der Waals surface area contributed by atoms with Gasteiger partial charge in [0.25, 0.3) is 11.8 Å². The predicted molar refractivity (Wildman–Crippen MR) is 182 cm³/mol. The van der Waals surface area contributed by atoms with Crippen molar-refractivity contribution >= 4 is 29.7 Å². The van der Waals surface area contributed by atoms with Gasteiger partial charge >= 0.3 is 6.09 Å². The van der Waals surface area contributed by atoms with Crippen LogP contribution in [0.2, 0.25) is 0 Å². The highest BCUT2D eigenvalue weighted by molar-refractivity contribution is 5.96. The SMILES string of the molecule is CCCCOC(=O)N1CCN(C(=O)C(CCOC)NC(=O)c2cc(OCC(=O)N3CCCC3C(=O)NC3CCC3)n(-c3ccccc3)n2)CC1. The predicted octanol–water partition coefficient (Wildman–Crippen LogP) is 2.13. The van der Waals surface area contributed by atoms with Gasteiger partial charge in [0.15, 0.2) is 12.3 Å². The number of carbonyl (C=O) groups is 5. The molecule has 2 N–H and O–H groups in total. The van der Waals surface area contributed by atoms with E-state index in [2.05, 4.69) is 15.7 Å². The molecule has 272 valence electrons. The van der Waals surface area contributed by atoms with Crippen LogP contribution >= 0.6 is 0 Å². The number of piperazine rings is 1. The van der Waals surface area contributed by atoms with E-state index in [1.807, 2.05) is 25.1 Å². The first-order valence-corrected chi connectivity index (χ1v) is 17.7. The monoisotopic (exact) mass is 695 g/mol. The van der Waals surface area contributed by atoms with Crippen molar-refractivity contribution in [2.24, 2.45) is 0 Å². The smallest absolute Gasteiger partial charge is 0.409 e. The van der Waals surface area contributed by atoms with Gasteiger partial charge in [-0.1, -0.05) is 31.5 Å². The van der Waals surface area contributed by atoms with Crippen LogP contribution in [0.15, 0.2) is 36.4 Å². The number of amides is 5. The maximum atomic E-state index is 13.6. The number of hydrogen-bond donors (Lipinski definition) is 2. The third-order valence-corrected chi connectivity index (χ3v) is 9.37. The highest BCUT2D eigenvalue weighted by Crippen LogP contribution is 2.24. The van der Waals surface area contributed by atoms with Gasteiger partial charge in [0.2, 0.25) is 17.7 Å². The summed E-state index contributed by atoms with van der Waals surface area (Å²) in [6.07, 6.45) is 5.90. The number of methoxy groups -OCH3 is 1. The Morgan fingerprint density at radius 1 is 0.940 bits per heavy atom. The van der Waals surface area contributed by atoms with Crippen molar-refractivity contribution in [1.82, 2.24) is 35.1 Å². The lowest BCUT2D eigenvalue weighted by Crippen LogP contribution is -2.56. The number of unbranched alkanes of at least 4 members (excludes halogenated alkanes) is 1. The minimum Gasteiger partial charge on any atom is -0.467 e. The minimum absolute atomic E-state index is 0.00918. The van der Waals surface area contributed by atoms with Crippen LogP contribution in [0.5, 0.6) is 5.88 Å². The van der Waals surface area contributed by atoms with E-state index in [-0.39, 0.29) is 55.0 Å². The molecule has 2 unspecified atom stereocenters. The van der Waals surface area contributed by atoms with E-state index >= 15 is 0 Å². The van der Waals surface area contributed by atoms with Crippen molar-refractivity contribution in [2.45, 2.75) is 76.4 Å². The van der Waals surface area contributed by atoms with E-state index in [4.69, 9.17) is 14.2 Å². The van der Waals surface area contributed by atoms with Gasteiger partial charge in [-0.25, -0.2) is 9.48 Å².